The Balaban J connectivity index is 1.02. The highest BCUT2D eigenvalue weighted by atomic mass is 35.5. The summed E-state index contributed by atoms with van der Waals surface area (Å²) in [6, 6.07) is 18.3. The number of likely N-dealkylation sites (N-methyl/N-ethyl adjacent to an activating group) is 1. The second-order valence-corrected chi connectivity index (χ2v) is 35.5. The van der Waals surface area contributed by atoms with Gasteiger partial charge in [0.25, 0.3) is 0 Å². The molecule has 3 fully saturated rings. The van der Waals surface area contributed by atoms with Crippen LogP contribution in [0.4, 0.5) is 0 Å². The number of benzene rings is 7. The van der Waals surface area contributed by atoms with Crippen LogP contribution in [0.1, 0.15) is 137 Å². The summed E-state index contributed by atoms with van der Waals surface area (Å²) in [7, 11) is 5.09. The van der Waals surface area contributed by atoms with Crippen molar-refractivity contribution in [2.75, 3.05) is 40.8 Å². The molecule has 39 heteroatoms. The molecule has 0 spiro atoms. The Hall–Kier alpha value is -10.9. The third-order valence-electron chi connectivity index (χ3n) is 24.0. The first-order valence-corrected chi connectivity index (χ1v) is 43.3. The fourth-order valence-electron chi connectivity index (χ4n) is 16.9. The van der Waals surface area contributed by atoms with E-state index in [0.717, 1.165) is 65.2 Å². The van der Waals surface area contributed by atoms with Gasteiger partial charge in [-0.15, -0.1) is 0 Å². The van der Waals surface area contributed by atoms with Gasteiger partial charge in [0.1, 0.15) is 95.5 Å². The van der Waals surface area contributed by atoms with Crippen molar-refractivity contribution in [3.8, 4) is 68.2 Å². The Morgan fingerprint density at radius 3 is 1.90 bits per heavy atom. The van der Waals surface area contributed by atoms with Crippen LogP contribution >= 0.6 is 23.2 Å². The lowest BCUT2D eigenvalue weighted by Crippen LogP contribution is -2.65. The maximum atomic E-state index is 16.7. The number of hydrogen-bond donors (Lipinski definition) is 20. The molecule has 7 aromatic rings. The van der Waals surface area contributed by atoms with E-state index in [1.165, 1.54) is 51.2 Å². The Morgan fingerprint density at radius 2 is 1.27 bits per heavy atom. The topological polar surface area (TPSA) is 556 Å². The number of halogens is 2. The zero-order valence-corrected chi connectivity index (χ0v) is 74.1. The van der Waals surface area contributed by atoms with Gasteiger partial charge in [-0.3, -0.25) is 38.4 Å². The minimum absolute atomic E-state index is 0.0186. The van der Waals surface area contributed by atoms with Gasteiger partial charge in [-0.25, -0.2) is 0 Å². The van der Waals surface area contributed by atoms with E-state index in [1.807, 2.05) is 73.3 Å². The lowest BCUT2D eigenvalue weighted by Gasteiger charge is -2.48. The van der Waals surface area contributed by atoms with Crippen LogP contribution in [0.2, 0.25) is 10.0 Å². The standard InChI is InChI=1S/C91H110Cl2N12O25/c1-41(2)28-56(96-7)82(116)103-72-74(111)48-21-24-60(54(92)30-48)125-62-32-50-33-63(78(62)130-89-79(76(113)75(112)64(40-106)127-89)129-67-38-91(6,81(115)43(4)124-67)98-39-44-16-18-46(19-17-44)45-14-11-10-12-15-45)126-61-25-22-49(31-55(61)93)77(128-66-37-90(5,95)80(114)42(3)123-66)73-88(122)102-71(84(118)97-26-13-27-105(8)9)53-34-51(107)35-59(109)68(53)52-29-47(20-23-58(52)108)69(85(119)104-73)101-86(120)70(50)100-83(117)57(36-65(94)110)99-87(72)121/h10-12,14-25,29-35,41-43,56-57,64,66-67,69-77,79-81,89,96,98,106-109,111-115H,13,26-28,36-40,95H2,1-9H3,(H2,94,110)(H,97,118)(H,99,121)(H,100,117)(H,101,120)(H,102,122)(H,103,116)(H,104,119)/t42-,43-,56+,57-,64+,66-,67-,69+,70+,71-,72+,73-,74+,75+,76-,77+,79+,80-,81-,89-,90-,91-/m0/s1. The highest BCUT2D eigenvalue weighted by Crippen LogP contribution is 2.51. The second-order valence-electron chi connectivity index (χ2n) is 34.7. The number of phenolic OH excluding ortho intramolecular Hbond substituents is 3. The summed E-state index contributed by atoms with van der Waals surface area (Å²) in [5, 5.41) is 131. The van der Waals surface area contributed by atoms with E-state index in [0.29, 0.717) is 13.0 Å². The van der Waals surface area contributed by atoms with E-state index >= 15 is 28.8 Å². The summed E-state index contributed by atoms with van der Waals surface area (Å²) >= 11 is 14.8. The number of rotatable bonds is 23. The summed E-state index contributed by atoms with van der Waals surface area (Å²) in [6.45, 7) is 9.67. The number of nitrogens with two attached hydrogens (primary N) is 2. The number of aromatic hydroxyl groups is 3. The van der Waals surface area contributed by atoms with Crippen molar-refractivity contribution in [1.29, 1.82) is 0 Å². The van der Waals surface area contributed by atoms with Crippen molar-refractivity contribution < 1.29 is 122 Å². The molecule has 22 N–H and O–H groups in total. The van der Waals surface area contributed by atoms with Crippen molar-refractivity contribution in [3.05, 3.63) is 177 Å². The first-order valence-electron chi connectivity index (χ1n) is 42.6. The van der Waals surface area contributed by atoms with Crippen molar-refractivity contribution in [1.82, 2.24) is 52.8 Å². The molecule has 37 nitrogen and oxygen atoms in total. The average molecular weight is 1840 g/mol. The summed E-state index contributed by atoms with van der Waals surface area (Å²) in [5.41, 5.74) is 10.5. The molecule has 0 unspecified atom stereocenters. The van der Waals surface area contributed by atoms with Gasteiger partial charge in [0.2, 0.25) is 59.3 Å². The molecule has 7 aromatic carbocycles. The van der Waals surface area contributed by atoms with Crippen LogP contribution in [0.3, 0.4) is 0 Å². The van der Waals surface area contributed by atoms with Crippen molar-refractivity contribution >= 4 is 70.5 Å². The third-order valence-corrected chi connectivity index (χ3v) is 24.5. The molecule has 130 heavy (non-hydrogen) atoms. The fourth-order valence-corrected chi connectivity index (χ4v) is 17.3. The molecule has 0 aliphatic carbocycles. The molecule has 11 bridgehead atoms. The van der Waals surface area contributed by atoms with E-state index in [4.69, 9.17) is 72.6 Å². The first-order chi connectivity index (χ1) is 61.7. The van der Waals surface area contributed by atoms with Crippen molar-refractivity contribution in [2.24, 2.45) is 17.4 Å². The van der Waals surface area contributed by atoms with Crippen LogP contribution in [0, 0.1) is 5.92 Å². The molecule has 3 saturated heterocycles. The summed E-state index contributed by atoms with van der Waals surface area (Å²) in [4.78, 5) is 125. The number of nitrogens with one attached hydrogen (secondary N) is 9. The lowest BCUT2D eigenvalue weighted by atomic mass is 9.84. The molecular weight excluding hydrogens is 1730 g/mol. The van der Waals surface area contributed by atoms with Crippen LogP contribution in [-0.2, 0) is 68.6 Å². The van der Waals surface area contributed by atoms with E-state index in [9.17, 15) is 55.5 Å². The van der Waals surface area contributed by atoms with E-state index in [1.54, 1.807) is 27.9 Å². The number of aliphatic hydroxyl groups excluding tert-OH is 6. The van der Waals surface area contributed by atoms with Gasteiger partial charge in [0.05, 0.1) is 53.5 Å². The smallest absolute Gasteiger partial charge is 0.248 e. The van der Waals surface area contributed by atoms with Gasteiger partial charge in [0, 0.05) is 54.2 Å². The monoisotopic (exact) mass is 1840 g/mol. The third kappa shape index (κ3) is 21.8. The molecule has 15 rings (SSSR count). The number of hydrogen-bond acceptors (Lipinski definition) is 29. The van der Waals surface area contributed by atoms with Crippen molar-refractivity contribution in [3.63, 3.8) is 0 Å². The molecule has 8 aliphatic rings. The van der Waals surface area contributed by atoms with Gasteiger partial charge in [0.15, 0.2) is 30.2 Å². The van der Waals surface area contributed by atoms with Crippen LogP contribution in [0.5, 0.6) is 46.0 Å². The Morgan fingerprint density at radius 1 is 0.654 bits per heavy atom. The number of carbonyl (C=O) groups is 8. The number of fused-ring (bicyclic) bond motifs is 15. The molecular formula is C91H110Cl2N12O25. The van der Waals surface area contributed by atoms with Gasteiger partial charge in [-0.05, 0) is 173 Å². The number of phenols is 3. The maximum Gasteiger partial charge on any atom is 0.248 e. The number of amides is 8. The van der Waals surface area contributed by atoms with Gasteiger partial charge >= 0.3 is 0 Å². The highest BCUT2D eigenvalue weighted by molar-refractivity contribution is 6.32. The predicted molar refractivity (Wildman–Crippen MR) is 469 cm³/mol. The molecule has 0 saturated carbocycles. The van der Waals surface area contributed by atoms with E-state index in [2.05, 4.69) is 47.9 Å². The number of carbonyl (C=O) groups excluding carboxylic acids is 8. The largest absolute Gasteiger partial charge is 0.508 e. The number of primary amides is 1. The predicted octanol–water partition coefficient (Wildman–Crippen LogP) is 3.83. The van der Waals surface area contributed by atoms with Gasteiger partial charge in [-0.2, -0.15) is 0 Å². The lowest BCUT2D eigenvalue weighted by molar-refractivity contribution is -0.334. The number of aliphatic hydroxyl groups is 6. The fraction of sp³-hybridized carbons (Fsp3) is 0.451. The average Bonchev–Trinajstić information content (AvgIpc) is 0.738. The van der Waals surface area contributed by atoms with Crippen LogP contribution in [0.15, 0.2) is 133 Å². The van der Waals surface area contributed by atoms with Gasteiger partial charge in [-0.1, -0.05) is 110 Å². The zero-order valence-electron chi connectivity index (χ0n) is 72.6. The quantitative estimate of drug-likeness (QED) is 0.0405. The van der Waals surface area contributed by atoms with Gasteiger partial charge < -0.3 is 148 Å². The Labute approximate surface area is 758 Å². The Bertz CT molecular complexity index is 5330. The molecule has 8 aliphatic heterocycles. The van der Waals surface area contributed by atoms with Crippen molar-refractivity contribution in [2.45, 2.75) is 213 Å². The molecule has 0 radical (unpaired) electrons. The van der Waals surface area contributed by atoms with E-state index in [-0.39, 0.29) is 82.6 Å². The second kappa shape index (κ2) is 40.8. The normalized spacial score (nSPS) is 29.1. The van der Waals surface area contributed by atoms with Crippen LogP contribution < -0.4 is 73.5 Å². The molecule has 698 valence electrons. The Kier molecular flexibility index (Phi) is 30.4. The summed E-state index contributed by atoms with van der Waals surface area (Å²) < 4.78 is 53.4. The number of ether oxygens (including phenoxy) is 8. The highest BCUT2D eigenvalue weighted by Gasteiger charge is 2.53. The minimum Gasteiger partial charge on any atom is -0.508 e. The minimum atomic E-state index is -2.38. The number of nitrogens with zero attached hydrogens (tertiary/aromatic N) is 1. The molecule has 22 atom stereocenters. The summed E-state index contributed by atoms with van der Waals surface area (Å²) in [5.74, 6) is -14.6. The zero-order chi connectivity index (χ0) is 93.8. The van der Waals surface area contributed by atoms with Crippen LogP contribution in [-0.4, -0.2) is 242 Å². The molecule has 8 heterocycles. The SMILES string of the molecule is CN[C@H](CC(C)C)C(=O)N[C@H]1C(=O)N[C@@H](CC(N)=O)C(=O)N[C@H]2C(=O)N[C@H]3C(=O)N[C@H](C(=O)N[C@H](C(=O)NCCCN(C)C)c4cc(O)cc(O)c4-c4cc3ccc4O)[C@H](O[C@H]3C[C@](C)(N)[C@@H](O)[C@H](C)O3)c3ccc(c(Cl)c3)Oc3cc2cc(c3O[C@@H]2O[C@H](CO)[C@@H](O)[C@H](O)[C@H]2O[C@H]2C[C@](C)(NCc3ccc(-c4ccccc4)cc3)[C@@H](O)[C@H](C)O2)Oc2ccc(cc2Cl)[C@H]1O. The molecule has 8 amide bonds. The summed E-state index contributed by atoms with van der Waals surface area (Å²) in [6.07, 6.45) is -22.3. The maximum absolute atomic E-state index is 16.7. The van der Waals surface area contributed by atoms with E-state index < -0.39 is 244 Å². The van der Waals surface area contributed by atoms with Crippen LogP contribution in [0.25, 0.3) is 22.3 Å². The first kappa shape index (κ1) is 96.6. The molecule has 0 aromatic heterocycles.